The fourth-order valence-electron chi connectivity index (χ4n) is 2.75. The molecule has 158 valence electrons. The van der Waals surface area contributed by atoms with Gasteiger partial charge in [0.05, 0.1) is 13.7 Å². The van der Waals surface area contributed by atoms with Crippen LogP contribution in [0.15, 0.2) is 53.4 Å². The van der Waals surface area contributed by atoms with E-state index in [0.29, 0.717) is 17.0 Å². The standard InChI is InChI=1S/C22H31N3O3S/c1-25(2)15-20(26)24-21(16-7-11-18(28-3)12-8-16)22(27)23-17-9-13-19(14-10-17)29(4,5)6/h7-14,21H,15H2,1-6H3,(H,23,27)(H,24,26). The van der Waals surface area contributed by atoms with E-state index in [1.807, 2.05) is 24.3 Å². The molecule has 0 aromatic heterocycles. The number of benzene rings is 2. The third kappa shape index (κ3) is 6.80. The fourth-order valence-corrected chi connectivity index (χ4v) is 3.70. The number of hydrogen-bond donors (Lipinski definition) is 2. The molecule has 0 saturated carbocycles. The summed E-state index contributed by atoms with van der Waals surface area (Å²) in [4.78, 5) is 28.3. The van der Waals surface area contributed by atoms with Crippen LogP contribution in [0, 0.1) is 0 Å². The number of methoxy groups -OCH3 is 1. The van der Waals surface area contributed by atoms with Crippen molar-refractivity contribution in [3.05, 3.63) is 54.1 Å². The number of carbonyl (C=O) groups excluding carboxylic acids is 2. The molecule has 2 aromatic rings. The fraction of sp³-hybridized carbons (Fsp3) is 0.364. The highest BCUT2D eigenvalue weighted by Gasteiger charge is 2.23. The van der Waals surface area contributed by atoms with Crippen molar-refractivity contribution in [2.45, 2.75) is 10.9 Å². The average Bonchev–Trinajstić information content (AvgIpc) is 2.65. The number of nitrogens with one attached hydrogen (secondary N) is 2. The molecule has 0 heterocycles. The van der Waals surface area contributed by atoms with Crippen molar-refractivity contribution in [3.63, 3.8) is 0 Å². The summed E-state index contributed by atoms with van der Waals surface area (Å²) in [6.45, 7) is 0.197. The Kier molecular flexibility index (Phi) is 7.70. The van der Waals surface area contributed by atoms with E-state index in [2.05, 4.69) is 29.4 Å². The molecule has 2 rings (SSSR count). The third-order valence-electron chi connectivity index (χ3n) is 4.31. The van der Waals surface area contributed by atoms with E-state index in [1.165, 1.54) is 4.90 Å². The predicted molar refractivity (Wildman–Crippen MR) is 121 cm³/mol. The second-order valence-electron chi connectivity index (χ2n) is 7.86. The summed E-state index contributed by atoms with van der Waals surface area (Å²) >= 11 is 0. The van der Waals surface area contributed by atoms with E-state index in [9.17, 15) is 9.59 Å². The minimum Gasteiger partial charge on any atom is -0.497 e. The monoisotopic (exact) mass is 417 g/mol. The van der Waals surface area contributed by atoms with E-state index in [0.717, 1.165) is 0 Å². The summed E-state index contributed by atoms with van der Waals surface area (Å²) in [5, 5.41) is 5.75. The lowest BCUT2D eigenvalue weighted by Crippen LogP contribution is -2.41. The molecule has 0 fully saturated rings. The summed E-state index contributed by atoms with van der Waals surface area (Å²) in [5.41, 5.74) is 1.38. The second-order valence-corrected chi connectivity index (χ2v) is 12.0. The zero-order valence-electron chi connectivity index (χ0n) is 18.0. The van der Waals surface area contributed by atoms with Crippen LogP contribution in [-0.4, -0.2) is 63.2 Å². The first-order valence-electron chi connectivity index (χ1n) is 9.27. The Morgan fingerprint density at radius 3 is 2.07 bits per heavy atom. The maximum atomic E-state index is 13.0. The van der Waals surface area contributed by atoms with Crippen molar-refractivity contribution in [1.82, 2.24) is 10.2 Å². The molecule has 7 heteroatoms. The van der Waals surface area contributed by atoms with Crippen LogP contribution in [0.25, 0.3) is 0 Å². The summed E-state index contributed by atoms with van der Waals surface area (Å²) in [6.07, 6.45) is 6.67. The van der Waals surface area contributed by atoms with Crippen molar-refractivity contribution >= 4 is 27.5 Å². The molecule has 2 N–H and O–H groups in total. The summed E-state index contributed by atoms with van der Waals surface area (Å²) in [5.74, 6) is 0.170. The molecule has 2 amide bonds. The van der Waals surface area contributed by atoms with Gasteiger partial charge in [-0.15, -0.1) is 0 Å². The van der Waals surface area contributed by atoms with Gasteiger partial charge in [0.15, 0.2) is 0 Å². The summed E-state index contributed by atoms with van der Waals surface area (Å²) < 4.78 is 5.18. The molecule has 0 aliphatic carbocycles. The lowest BCUT2D eigenvalue weighted by atomic mass is 10.1. The quantitative estimate of drug-likeness (QED) is 0.692. The smallest absolute Gasteiger partial charge is 0.251 e. The Bertz CT molecular complexity index is 828. The van der Waals surface area contributed by atoms with Gasteiger partial charge >= 0.3 is 0 Å². The molecule has 6 nitrogen and oxygen atoms in total. The highest BCUT2D eigenvalue weighted by atomic mass is 32.3. The van der Waals surface area contributed by atoms with Gasteiger partial charge in [-0.1, -0.05) is 12.1 Å². The van der Waals surface area contributed by atoms with Gasteiger partial charge in [-0.2, -0.15) is 0 Å². The Morgan fingerprint density at radius 1 is 1.00 bits per heavy atom. The SMILES string of the molecule is COc1ccc(C(NC(=O)CN(C)C)C(=O)Nc2ccc(S(C)(C)C)cc2)cc1. The molecule has 0 aliphatic heterocycles. The number of anilines is 1. The number of rotatable bonds is 8. The van der Waals surface area contributed by atoms with Crippen LogP contribution < -0.4 is 15.4 Å². The van der Waals surface area contributed by atoms with Crippen molar-refractivity contribution in [3.8, 4) is 5.75 Å². The van der Waals surface area contributed by atoms with E-state index in [4.69, 9.17) is 4.74 Å². The molecule has 0 aliphatic rings. The van der Waals surface area contributed by atoms with Crippen LogP contribution >= 0.6 is 10.0 Å². The van der Waals surface area contributed by atoms with Gasteiger partial charge in [-0.3, -0.25) is 9.59 Å². The zero-order valence-corrected chi connectivity index (χ0v) is 18.8. The first-order chi connectivity index (χ1) is 13.6. The lowest BCUT2D eigenvalue weighted by Gasteiger charge is -2.26. The Morgan fingerprint density at radius 2 is 1.59 bits per heavy atom. The minimum absolute atomic E-state index is 0.197. The van der Waals surface area contributed by atoms with Crippen molar-refractivity contribution < 1.29 is 14.3 Å². The van der Waals surface area contributed by atoms with Gasteiger partial charge in [0, 0.05) is 5.69 Å². The van der Waals surface area contributed by atoms with Gasteiger partial charge in [0.25, 0.3) is 5.91 Å². The molecule has 0 spiro atoms. The van der Waals surface area contributed by atoms with E-state index in [1.54, 1.807) is 50.4 Å². The van der Waals surface area contributed by atoms with Gasteiger partial charge in [0.1, 0.15) is 11.8 Å². The lowest BCUT2D eigenvalue weighted by molar-refractivity contribution is -0.127. The number of ether oxygens (including phenoxy) is 1. The molecule has 0 bridgehead atoms. The highest BCUT2D eigenvalue weighted by molar-refractivity contribution is 8.32. The Balaban J connectivity index is 2.21. The second kappa shape index (κ2) is 9.80. The molecular weight excluding hydrogens is 386 g/mol. The van der Waals surface area contributed by atoms with E-state index >= 15 is 0 Å². The Hall–Kier alpha value is -2.51. The molecule has 0 radical (unpaired) electrons. The number of nitrogens with zero attached hydrogens (tertiary/aromatic N) is 1. The number of amides is 2. The van der Waals surface area contributed by atoms with Gasteiger partial charge in [0.2, 0.25) is 5.91 Å². The van der Waals surface area contributed by atoms with Crippen LogP contribution in [0.5, 0.6) is 5.75 Å². The topological polar surface area (TPSA) is 70.7 Å². The third-order valence-corrected chi connectivity index (χ3v) is 5.99. The molecule has 29 heavy (non-hydrogen) atoms. The van der Waals surface area contributed by atoms with Crippen molar-refractivity contribution in [2.75, 3.05) is 51.8 Å². The van der Waals surface area contributed by atoms with E-state index in [-0.39, 0.29) is 18.4 Å². The van der Waals surface area contributed by atoms with Gasteiger partial charge < -0.3 is 20.3 Å². The van der Waals surface area contributed by atoms with Gasteiger partial charge in [-0.05, 0) is 79.7 Å². The molecule has 2 aromatic carbocycles. The maximum Gasteiger partial charge on any atom is 0.251 e. The number of likely N-dealkylation sites (N-methyl/N-ethyl adjacent to an activating group) is 1. The zero-order chi connectivity index (χ0) is 21.6. The number of carbonyl (C=O) groups is 2. The first-order valence-corrected chi connectivity index (χ1v) is 12.1. The summed E-state index contributed by atoms with van der Waals surface area (Å²) in [6, 6.07) is 14.2. The molecule has 1 unspecified atom stereocenters. The van der Waals surface area contributed by atoms with Crippen molar-refractivity contribution in [1.29, 1.82) is 0 Å². The average molecular weight is 418 g/mol. The molecule has 0 saturated heterocycles. The predicted octanol–water partition coefficient (Wildman–Crippen LogP) is 3.11. The van der Waals surface area contributed by atoms with Crippen LogP contribution in [0.3, 0.4) is 0 Å². The Labute approximate surface area is 174 Å². The van der Waals surface area contributed by atoms with Crippen LogP contribution in [0.2, 0.25) is 0 Å². The maximum absolute atomic E-state index is 13.0. The molecule has 1 atom stereocenters. The summed E-state index contributed by atoms with van der Waals surface area (Å²) in [7, 11) is 4.37. The minimum atomic E-state index is -0.828. The van der Waals surface area contributed by atoms with Crippen LogP contribution in [0.1, 0.15) is 11.6 Å². The van der Waals surface area contributed by atoms with E-state index < -0.39 is 16.1 Å². The first kappa shape index (κ1) is 22.8. The normalized spacial score (nSPS) is 12.9. The van der Waals surface area contributed by atoms with Crippen LogP contribution in [0.4, 0.5) is 5.69 Å². The van der Waals surface area contributed by atoms with Crippen molar-refractivity contribution in [2.24, 2.45) is 0 Å². The highest BCUT2D eigenvalue weighted by Crippen LogP contribution is 2.45. The van der Waals surface area contributed by atoms with Crippen LogP contribution in [-0.2, 0) is 9.59 Å². The molecular formula is C22H31N3O3S. The van der Waals surface area contributed by atoms with Gasteiger partial charge in [-0.25, -0.2) is 10.0 Å². The number of hydrogen-bond acceptors (Lipinski definition) is 4. The largest absolute Gasteiger partial charge is 0.497 e.